The van der Waals surface area contributed by atoms with Crippen molar-refractivity contribution in [2.75, 3.05) is 7.11 Å². The highest BCUT2D eigenvalue weighted by Gasteiger charge is 2.13. The Kier molecular flexibility index (Phi) is 2.89. The molecule has 13 heavy (non-hydrogen) atoms. The van der Waals surface area contributed by atoms with E-state index < -0.39 is 24.0 Å². The van der Waals surface area contributed by atoms with Gasteiger partial charge in [-0.15, -0.1) is 0 Å². The normalized spacial score (nSPS) is 9.77. The van der Waals surface area contributed by atoms with Crippen molar-refractivity contribution in [3.8, 4) is 0 Å². The molecular weight excluding hydrogens is 180 g/mol. The van der Waals surface area contributed by atoms with E-state index in [0.29, 0.717) is 0 Å². The number of rotatable bonds is 2. The molecule has 0 aliphatic heterocycles. The van der Waals surface area contributed by atoms with Crippen LogP contribution in [0.2, 0.25) is 0 Å². The van der Waals surface area contributed by atoms with Crippen molar-refractivity contribution >= 4 is 5.97 Å². The molecule has 3 nitrogen and oxygen atoms in total. The molecule has 0 aliphatic rings. The molecule has 0 atom stereocenters. The number of hydrogen-bond acceptors (Lipinski definition) is 3. The zero-order valence-corrected chi connectivity index (χ0v) is 6.88. The number of ether oxygens (including phenoxy) is 1. The number of carbonyl (C=O) groups excluding carboxylic acids is 1. The summed E-state index contributed by atoms with van der Waals surface area (Å²) in [6.07, 6.45) is 1.28. The number of halogens is 2. The van der Waals surface area contributed by atoms with Gasteiger partial charge in [0.2, 0.25) is 0 Å². The van der Waals surface area contributed by atoms with Crippen LogP contribution in [0.1, 0.15) is 5.56 Å². The van der Waals surface area contributed by atoms with Gasteiger partial charge in [0.1, 0.15) is 11.6 Å². The Morgan fingerprint density at radius 1 is 1.46 bits per heavy atom. The molecule has 70 valence electrons. The molecule has 0 amide bonds. The van der Waals surface area contributed by atoms with E-state index in [2.05, 4.69) is 9.72 Å². The fourth-order valence-electron chi connectivity index (χ4n) is 0.823. The van der Waals surface area contributed by atoms with Crippen LogP contribution in [0.15, 0.2) is 12.4 Å². The van der Waals surface area contributed by atoms with Crippen molar-refractivity contribution in [2.24, 2.45) is 0 Å². The van der Waals surface area contributed by atoms with Crippen molar-refractivity contribution in [1.82, 2.24) is 4.98 Å². The van der Waals surface area contributed by atoms with Crippen LogP contribution >= 0.6 is 0 Å². The minimum Gasteiger partial charge on any atom is -0.469 e. The van der Waals surface area contributed by atoms with Crippen LogP contribution in [-0.2, 0) is 16.0 Å². The third-order valence-corrected chi connectivity index (χ3v) is 1.50. The summed E-state index contributed by atoms with van der Waals surface area (Å²) < 4.78 is 29.9. The van der Waals surface area contributed by atoms with Gasteiger partial charge >= 0.3 is 5.97 Å². The topological polar surface area (TPSA) is 39.2 Å². The average molecular weight is 187 g/mol. The van der Waals surface area contributed by atoms with Gasteiger partial charge in [-0.25, -0.2) is 8.78 Å². The monoisotopic (exact) mass is 187 g/mol. The standard InChI is InChI=1S/C8H7F2NO2/c1-13-8(12)2-5-6(9)3-11-4-7(5)10/h3-4H,2H2,1H3. The van der Waals surface area contributed by atoms with Crippen LogP contribution in [0.5, 0.6) is 0 Å². The second-order valence-electron chi connectivity index (χ2n) is 2.33. The van der Waals surface area contributed by atoms with Crippen molar-refractivity contribution in [3.63, 3.8) is 0 Å². The summed E-state index contributed by atoms with van der Waals surface area (Å²) in [7, 11) is 1.15. The Bertz CT molecular complexity index is 308. The van der Waals surface area contributed by atoms with Crippen LogP contribution < -0.4 is 0 Å². The molecule has 1 rings (SSSR count). The van der Waals surface area contributed by atoms with Crippen LogP contribution in [0, 0.1) is 11.6 Å². The highest BCUT2D eigenvalue weighted by atomic mass is 19.1. The van der Waals surface area contributed by atoms with Crippen molar-refractivity contribution in [2.45, 2.75) is 6.42 Å². The van der Waals surface area contributed by atoms with Crippen molar-refractivity contribution in [1.29, 1.82) is 0 Å². The molecule has 1 aromatic heterocycles. The third-order valence-electron chi connectivity index (χ3n) is 1.50. The molecule has 1 heterocycles. The van der Waals surface area contributed by atoms with Crippen LogP contribution in [0.4, 0.5) is 8.78 Å². The third kappa shape index (κ3) is 2.21. The molecule has 0 fully saturated rings. The maximum Gasteiger partial charge on any atom is 0.310 e. The van der Waals surface area contributed by atoms with Crippen molar-refractivity contribution in [3.05, 3.63) is 29.6 Å². The largest absolute Gasteiger partial charge is 0.469 e. The minimum absolute atomic E-state index is 0.318. The molecule has 0 saturated carbocycles. The highest BCUT2D eigenvalue weighted by Crippen LogP contribution is 2.11. The van der Waals surface area contributed by atoms with E-state index >= 15 is 0 Å². The van der Waals surface area contributed by atoms with E-state index in [-0.39, 0.29) is 5.56 Å². The Labute approximate surface area is 73.4 Å². The molecule has 0 bridgehead atoms. The smallest absolute Gasteiger partial charge is 0.310 e. The number of nitrogens with zero attached hydrogens (tertiary/aromatic N) is 1. The first-order chi connectivity index (χ1) is 6.15. The first kappa shape index (κ1) is 9.57. The molecule has 1 aromatic rings. The first-order valence-corrected chi connectivity index (χ1v) is 3.50. The maximum absolute atomic E-state index is 12.8. The zero-order valence-electron chi connectivity index (χ0n) is 6.88. The number of pyridine rings is 1. The summed E-state index contributed by atoms with van der Waals surface area (Å²) in [4.78, 5) is 14.0. The zero-order chi connectivity index (χ0) is 9.84. The van der Waals surface area contributed by atoms with E-state index in [4.69, 9.17) is 0 Å². The van der Waals surface area contributed by atoms with Crippen LogP contribution in [-0.4, -0.2) is 18.1 Å². The predicted octanol–water partition coefficient (Wildman–Crippen LogP) is 1.08. The number of aromatic nitrogens is 1. The van der Waals surface area contributed by atoms with E-state index in [0.717, 1.165) is 19.5 Å². The van der Waals surface area contributed by atoms with Crippen LogP contribution in [0.3, 0.4) is 0 Å². The van der Waals surface area contributed by atoms with Gasteiger partial charge in [-0.2, -0.15) is 0 Å². The van der Waals surface area contributed by atoms with E-state index in [1.165, 1.54) is 0 Å². The summed E-state index contributed by atoms with van der Waals surface area (Å²) in [5.41, 5.74) is -0.318. The molecule has 0 N–H and O–H groups in total. The van der Waals surface area contributed by atoms with Gasteiger partial charge in [0.05, 0.1) is 25.9 Å². The Morgan fingerprint density at radius 3 is 2.46 bits per heavy atom. The van der Waals surface area contributed by atoms with E-state index in [1.54, 1.807) is 0 Å². The minimum atomic E-state index is -0.842. The lowest BCUT2D eigenvalue weighted by Crippen LogP contribution is -2.08. The fraction of sp³-hybridized carbons (Fsp3) is 0.250. The summed E-state index contributed by atoms with van der Waals surface area (Å²) in [6.45, 7) is 0. The SMILES string of the molecule is COC(=O)Cc1c(F)cncc1F. The summed E-state index contributed by atoms with van der Waals surface area (Å²) in [6, 6.07) is 0. The maximum atomic E-state index is 12.8. The number of methoxy groups -OCH3 is 1. The molecule has 0 spiro atoms. The highest BCUT2D eigenvalue weighted by molar-refractivity contribution is 5.72. The van der Waals surface area contributed by atoms with Gasteiger partial charge in [-0.3, -0.25) is 9.78 Å². The fourth-order valence-corrected chi connectivity index (χ4v) is 0.823. The Morgan fingerprint density at radius 2 is 2.00 bits per heavy atom. The van der Waals surface area contributed by atoms with Gasteiger partial charge in [0, 0.05) is 5.56 Å². The van der Waals surface area contributed by atoms with Crippen LogP contribution in [0.25, 0.3) is 0 Å². The number of hydrogen-bond donors (Lipinski definition) is 0. The summed E-state index contributed by atoms with van der Waals surface area (Å²) in [5.74, 6) is -2.38. The second kappa shape index (κ2) is 3.93. The number of esters is 1. The van der Waals surface area contributed by atoms with Gasteiger partial charge < -0.3 is 4.74 Å². The van der Waals surface area contributed by atoms with Crippen molar-refractivity contribution < 1.29 is 18.3 Å². The van der Waals surface area contributed by atoms with Gasteiger partial charge in [-0.05, 0) is 0 Å². The predicted molar refractivity (Wildman–Crippen MR) is 39.9 cm³/mol. The number of carbonyl (C=O) groups is 1. The lowest BCUT2D eigenvalue weighted by atomic mass is 10.2. The molecule has 0 radical (unpaired) electrons. The van der Waals surface area contributed by atoms with Gasteiger partial charge in [0.15, 0.2) is 0 Å². The second-order valence-corrected chi connectivity index (χ2v) is 2.33. The Balaban J connectivity index is 2.93. The molecule has 0 unspecified atom stereocenters. The average Bonchev–Trinajstić information content (AvgIpc) is 2.11. The van der Waals surface area contributed by atoms with Gasteiger partial charge in [-0.1, -0.05) is 0 Å². The van der Waals surface area contributed by atoms with E-state index in [9.17, 15) is 13.6 Å². The molecule has 5 heteroatoms. The Hall–Kier alpha value is -1.52. The molecule has 0 aromatic carbocycles. The molecule has 0 saturated heterocycles. The molecule has 0 aliphatic carbocycles. The summed E-state index contributed by atoms with van der Waals surface area (Å²) >= 11 is 0. The lowest BCUT2D eigenvalue weighted by molar-refractivity contribution is -0.139. The summed E-state index contributed by atoms with van der Waals surface area (Å²) in [5, 5.41) is 0. The first-order valence-electron chi connectivity index (χ1n) is 3.50. The molecular formula is C8H7F2NO2. The lowest BCUT2D eigenvalue weighted by Gasteiger charge is -2.01. The quantitative estimate of drug-likeness (QED) is 0.650. The van der Waals surface area contributed by atoms with Gasteiger partial charge in [0.25, 0.3) is 0 Å². The van der Waals surface area contributed by atoms with E-state index in [1.807, 2.05) is 0 Å².